The highest BCUT2D eigenvalue weighted by Crippen LogP contribution is 2.28. The van der Waals surface area contributed by atoms with Crippen LogP contribution in [-0.2, 0) is 22.6 Å². The van der Waals surface area contributed by atoms with Gasteiger partial charge in [-0.15, -0.1) is 0 Å². The number of ether oxygens (including phenoxy) is 1. The van der Waals surface area contributed by atoms with Crippen LogP contribution in [0.2, 0.25) is 0 Å². The Morgan fingerprint density at radius 1 is 1.23 bits per heavy atom. The van der Waals surface area contributed by atoms with Crippen molar-refractivity contribution in [3.8, 4) is 0 Å². The first-order valence-corrected chi connectivity index (χ1v) is 10.9. The van der Waals surface area contributed by atoms with E-state index in [9.17, 15) is 9.59 Å². The molecule has 2 aromatic heterocycles. The molecule has 0 saturated heterocycles. The lowest BCUT2D eigenvalue weighted by Gasteiger charge is -2.27. The molecule has 1 saturated carbocycles. The van der Waals surface area contributed by atoms with Crippen molar-refractivity contribution < 1.29 is 18.7 Å². The van der Waals surface area contributed by atoms with Crippen molar-refractivity contribution in [1.82, 2.24) is 9.88 Å². The third-order valence-corrected chi connectivity index (χ3v) is 6.05. The van der Waals surface area contributed by atoms with Crippen molar-refractivity contribution in [1.29, 1.82) is 0 Å². The second-order valence-electron chi connectivity index (χ2n) is 8.02. The smallest absolute Gasteiger partial charge is 0.268 e. The number of nitrogens with one attached hydrogen (secondary N) is 2. The first kappa shape index (κ1) is 21.2. The predicted octanol–water partition coefficient (Wildman–Crippen LogP) is 4.33. The number of carbonyl (C=O) groups excluding carboxylic acids is 2. The lowest BCUT2D eigenvalue weighted by atomic mass is 9.86. The van der Waals surface area contributed by atoms with Gasteiger partial charge in [0.1, 0.15) is 11.5 Å². The van der Waals surface area contributed by atoms with Crippen LogP contribution in [0, 0.1) is 5.92 Å². The van der Waals surface area contributed by atoms with Crippen LogP contribution >= 0.6 is 0 Å². The van der Waals surface area contributed by atoms with Gasteiger partial charge < -0.3 is 24.4 Å². The maximum absolute atomic E-state index is 12.8. The molecule has 0 bridgehead atoms. The molecular weight excluding hydrogens is 394 g/mol. The molecule has 4 rings (SSSR count). The van der Waals surface area contributed by atoms with E-state index in [1.165, 1.54) is 0 Å². The van der Waals surface area contributed by atoms with Crippen LogP contribution in [0.3, 0.4) is 0 Å². The van der Waals surface area contributed by atoms with Crippen LogP contribution in [-0.4, -0.2) is 29.6 Å². The molecule has 31 heavy (non-hydrogen) atoms. The Bertz CT molecular complexity index is 1050. The van der Waals surface area contributed by atoms with Crippen molar-refractivity contribution in [2.45, 2.75) is 51.8 Å². The number of anilines is 1. The number of carbonyl (C=O) groups is 2. The van der Waals surface area contributed by atoms with E-state index in [0.29, 0.717) is 24.5 Å². The van der Waals surface area contributed by atoms with Gasteiger partial charge in [0, 0.05) is 36.2 Å². The minimum atomic E-state index is -0.159. The van der Waals surface area contributed by atoms with E-state index in [2.05, 4.69) is 10.6 Å². The van der Waals surface area contributed by atoms with Gasteiger partial charge in [0.25, 0.3) is 5.91 Å². The number of amides is 2. The fourth-order valence-electron chi connectivity index (χ4n) is 4.39. The summed E-state index contributed by atoms with van der Waals surface area (Å²) < 4.78 is 12.7. The second-order valence-corrected chi connectivity index (χ2v) is 8.02. The fraction of sp³-hybridized carbons (Fsp3) is 0.417. The number of hydrogen-bond donors (Lipinski definition) is 2. The number of furan rings is 1. The highest BCUT2D eigenvalue weighted by atomic mass is 16.5. The molecule has 0 aliphatic heterocycles. The molecule has 2 heterocycles. The second kappa shape index (κ2) is 9.39. The highest BCUT2D eigenvalue weighted by molar-refractivity contribution is 6.00. The Labute approximate surface area is 181 Å². The van der Waals surface area contributed by atoms with Gasteiger partial charge in [-0.2, -0.15) is 0 Å². The normalized spacial score (nSPS) is 18.8. The van der Waals surface area contributed by atoms with Gasteiger partial charge in [-0.25, -0.2) is 0 Å². The zero-order valence-electron chi connectivity index (χ0n) is 18.0. The van der Waals surface area contributed by atoms with Crippen molar-refractivity contribution in [3.05, 3.63) is 54.1 Å². The van der Waals surface area contributed by atoms with Gasteiger partial charge in [0.15, 0.2) is 0 Å². The van der Waals surface area contributed by atoms with Crippen LogP contribution in [0.5, 0.6) is 0 Å². The molecule has 1 aliphatic rings. The molecule has 2 N–H and O–H groups in total. The molecular formula is C24H29N3O4. The molecule has 1 aliphatic carbocycles. The molecule has 1 fully saturated rings. The largest absolute Gasteiger partial charge is 0.467 e. The van der Waals surface area contributed by atoms with Gasteiger partial charge in [0.2, 0.25) is 5.91 Å². The van der Waals surface area contributed by atoms with Gasteiger partial charge in [-0.05, 0) is 62.6 Å². The number of hydrogen-bond acceptors (Lipinski definition) is 4. The summed E-state index contributed by atoms with van der Waals surface area (Å²) in [4.78, 5) is 25.5. The molecule has 3 aromatic rings. The quantitative estimate of drug-likeness (QED) is 0.592. The summed E-state index contributed by atoms with van der Waals surface area (Å²) in [7, 11) is 1.71. The Balaban J connectivity index is 1.49. The minimum absolute atomic E-state index is 0.0300. The van der Waals surface area contributed by atoms with Crippen LogP contribution in [0.25, 0.3) is 10.9 Å². The topological polar surface area (TPSA) is 85.5 Å². The molecule has 7 heteroatoms. The fourth-order valence-corrected chi connectivity index (χ4v) is 4.39. The lowest BCUT2D eigenvalue weighted by Crippen LogP contribution is -2.30. The monoisotopic (exact) mass is 423 g/mol. The first-order chi connectivity index (χ1) is 15.1. The number of benzene rings is 1. The third-order valence-electron chi connectivity index (χ3n) is 6.05. The molecule has 164 valence electrons. The maximum Gasteiger partial charge on any atom is 0.268 e. The Hall–Kier alpha value is -3.06. The number of aryl methyl sites for hydroxylation is 1. The number of methoxy groups -OCH3 is 1. The molecule has 0 radical (unpaired) electrons. The zero-order valence-corrected chi connectivity index (χ0v) is 18.0. The van der Waals surface area contributed by atoms with Crippen LogP contribution in [0.15, 0.2) is 47.1 Å². The van der Waals surface area contributed by atoms with Gasteiger partial charge in [-0.3, -0.25) is 9.59 Å². The molecule has 2 amide bonds. The number of nitrogens with zero attached hydrogens (tertiary/aromatic N) is 1. The average Bonchev–Trinajstić information content (AvgIpc) is 3.44. The van der Waals surface area contributed by atoms with E-state index < -0.39 is 0 Å². The van der Waals surface area contributed by atoms with E-state index in [4.69, 9.17) is 9.15 Å². The third kappa shape index (κ3) is 4.66. The molecule has 1 aromatic carbocycles. The maximum atomic E-state index is 12.8. The predicted molar refractivity (Wildman–Crippen MR) is 119 cm³/mol. The highest BCUT2D eigenvalue weighted by Gasteiger charge is 2.27. The van der Waals surface area contributed by atoms with Crippen molar-refractivity contribution in [3.63, 3.8) is 0 Å². The summed E-state index contributed by atoms with van der Waals surface area (Å²) in [6.07, 6.45) is 5.42. The first-order valence-electron chi connectivity index (χ1n) is 10.9. The van der Waals surface area contributed by atoms with Crippen molar-refractivity contribution >= 4 is 28.4 Å². The SMILES string of the molecule is CCn1c(C(=O)NCc2ccco2)cc2cc(NC(=O)[C@H]3CCC[C@H](OC)C3)ccc21. The summed E-state index contributed by atoms with van der Waals surface area (Å²) in [5.74, 6) is 0.550. The zero-order chi connectivity index (χ0) is 21.8. The van der Waals surface area contributed by atoms with E-state index in [1.807, 2.05) is 41.8 Å². The average molecular weight is 424 g/mol. The van der Waals surface area contributed by atoms with Crippen molar-refractivity contribution in [2.75, 3.05) is 12.4 Å². The number of rotatable bonds is 7. The van der Waals surface area contributed by atoms with E-state index in [0.717, 1.165) is 42.3 Å². The van der Waals surface area contributed by atoms with Gasteiger partial charge in [-0.1, -0.05) is 6.42 Å². The minimum Gasteiger partial charge on any atom is -0.467 e. The van der Waals surface area contributed by atoms with E-state index in [1.54, 1.807) is 19.4 Å². The molecule has 0 spiro atoms. The summed E-state index contributed by atoms with van der Waals surface area (Å²) in [6.45, 7) is 3.01. The Morgan fingerprint density at radius 3 is 2.84 bits per heavy atom. The summed E-state index contributed by atoms with van der Waals surface area (Å²) in [5.41, 5.74) is 2.29. The summed E-state index contributed by atoms with van der Waals surface area (Å²) in [6, 6.07) is 11.3. The van der Waals surface area contributed by atoms with Crippen LogP contribution in [0.1, 0.15) is 48.9 Å². The number of aromatic nitrogens is 1. The standard InChI is InChI=1S/C24H29N3O4/c1-3-27-21-10-9-18(26-23(28)16-6-4-7-19(13-16)30-2)12-17(21)14-22(27)24(29)25-15-20-8-5-11-31-20/h5,8-12,14,16,19H,3-4,6-7,13,15H2,1-2H3,(H,25,29)(H,26,28)/t16-,19-/m0/s1. The van der Waals surface area contributed by atoms with E-state index >= 15 is 0 Å². The number of fused-ring (bicyclic) bond motifs is 1. The molecule has 7 nitrogen and oxygen atoms in total. The van der Waals surface area contributed by atoms with Gasteiger partial charge >= 0.3 is 0 Å². The molecule has 2 atom stereocenters. The van der Waals surface area contributed by atoms with E-state index in [-0.39, 0.29) is 23.8 Å². The summed E-state index contributed by atoms with van der Waals surface area (Å²) >= 11 is 0. The van der Waals surface area contributed by atoms with Crippen LogP contribution < -0.4 is 10.6 Å². The molecule has 0 unspecified atom stereocenters. The van der Waals surface area contributed by atoms with Gasteiger partial charge in [0.05, 0.1) is 18.9 Å². The Morgan fingerprint density at radius 2 is 2.10 bits per heavy atom. The Kier molecular flexibility index (Phi) is 6.42. The summed E-state index contributed by atoms with van der Waals surface area (Å²) in [5, 5.41) is 6.87. The lowest BCUT2D eigenvalue weighted by molar-refractivity contribution is -0.122. The van der Waals surface area contributed by atoms with Crippen molar-refractivity contribution in [2.24, 2.45) is 5.92 Å². The van der Waals surface area contributed by atoms with Crippen LogP contribution in [0.4, 0.5) is 5.69 Å².